The third kappa shape index (κ3) is 3.52. The number of hydrogen-bond donors (Lipinski definition) is 2. The van der Waals surface area contributed by atoms with Crippen LogP contribution in [0, 0.1) is 25.2 Å². The lowest BCUT2D eigenvalue weighted by Crippen LogP contribution is -2.20. The van der Waals surface area contributed by atoms with Crippen LogP contribution < -0.4 is 15.8 Å². The Bertz CT molecular complexity index is 716. The summed E-state index contributed by atoms with van der Waals surface area (Å²) in [4.78, 5) is 12.9. The van der Waals surface area contributed by atoms with E-state index in [4.69, 9.17) is 15.7 Å². The maximum Gasteiger partial charge on any atom is 0.262 e. The van der Waals surface area contributed by atoms with Gasteiger partial charge in [0.2, 0.25) is 0 Å². The summed E-state index contributed by atoms with van der Waals surface area (Å²) < 4.78 is 5.36. The van der Waals surface area contributed by atoms with Crippen molar-refractivity contribution in [3.05, 3.63) is 40.3 Å². The Morgan fingerprint density at radius 3 is 2.90 bits per heavy atom. The average molecular weight is 301 g/mol. The predicted octanol–water partition coefficient (Wildman–Crippen LogP) is 2.84. The molecular formula is C15H15N3O2S. The number of ether oxygens (including phenoxy) is 1. The highest BCUT2D eigenvalue weighted by Gasteiger charge is 2.14. The van der Waals surface area contributed by atoms with E-state index in [0.717, 1.165) is 10.4 Å². The smallest absolute Gasteiger partial charge is 0.262 e. The lowest BCUT2D eigenvalue weighted by atomic mass is 10.2. The largest absolute Gasteiger partial charge is 0.484 e. The van der Waals surface area contributed by atoms with E-state index in [1.807, 2.05) is 13.8 Å². The molecule has 108 valence electrons. The van der Waals surface area contributed by atoms with Gasteiger partial charge in [-0.05, 0) is 31.5 Å². The molecule has 0 aliphatic carbocycles. The van der Waals surface area contributed by atoms with E-state index in [9.17, 15) is 4.79 Å². The van der Waals surface area contributed by atoms with Crippen molar-refractivity contribution in [1.29, 1.82) is 5.26 Å². The number of nitrogens with zero attached hydrogens (tertiary/aromatic N) is 1. The third-order valence-electron chi connectivity index (χ3n) is 2.98. The van der Waals surface area contributed by atoms with Gasteiger partial charge in [0, 0.05) is 16.6 Å². The fraction of sp³-hybridized carbons (Fsp3) is 0.200. The SMILES string of the molecule is Cc1sc(NC(=O)COc2cccc(N)c2)c(C#N)c1C. The molecule has 1 aromatic heterocycles. The highest BCUT2D eigenvalue weighted by atomic mass is 32.1. The van der Waals surface area contributed by atoms with Crippen LogP contribution in [-0.2, 0) is 4.79 Å². The summed E-state index contributed by atoms with van der Waals surface area (Å²) >= 11 is 1.39. The van der Waals surface area contributed by atoms with Gasteiger partial charge >= 0.3 is 0 Å². The van der Waals surface area contributed by atoms with E-state index < -0.39 is 0 Å². The zero-order chi connectivity index (χ0) is 15.4. The molecule has 3 N–H and O–H groups in total. The van der Waals surface area contributed by atoms with Crippen LogP contribution in [0.15, 0.2) is 24.3 Å². The molecule has 0 bridgehead atoms. The topological polar surface area (TPSA) is 88.1 Å². The van der Waals surface area contributed by atoms with E-state index in [1.165, 1.54) is 11.3 Å². The zero-order valence-electron chi connectivity index (χ0n) is 11.8. The number of amides is 1. The van der Waals surface area contributed by atoms with Crippen molar-refractivity contribution in [2.24, 2.45) is 0 Å². The molecule has 0 aliphatic heterocycles. The Labute approximate surface area is 127 Å². The van der Waals surface area contributed by atoms with Gasteiger partial charge < -0.3 is 15.8 Å². The number of nitrogens with two attached hydrogens (primary N) is 1. The monoisotopic (exact) mass is 301 g/mol. The fourth-order valence-corrected chi connectivity index (χ4v) is 2.79. The molecule has 0 atom stereocenters. The fourth-order valence-electron chi connectivity index (χ4n) is 1.77. The van der Waals surface area contributed by atoms with Crippen molar-refractivity contribution >= 4 is 27.9 Å². The minimum absolute atomic E-state index is 0.135. The Kier molecular flexibility index (Phi) is 4.45. The van der Waals surface area contributed by atoms with Gasteiger partial charge in [-0.1, -0.05) is 6.07 Å². The van der Waals surface area contributed by atoms with Gasteiger partial charge in [0.25, 0.3) is 5.91 Å². The minimum Gasteiger partial charge on any atom is -0.484 e. The molecule has 0 radical (unpaired) electrons. The van der Waals surface area contributed by atoms with Gasteiger partial charge in [-0.25, -0.2) is 0 Å². The van der Waals surface area contributed by atoms with Crippen molar-refractivity contribution in [2.45, 2.75) is 13.8 Å². The molecule has 0 saturated heterocycles. The molecule has 0 unspecified atom stereocenters. The molecule has 2 rings (SSSR count). The van der Waals surface area contributed by atoms with Crippen LogP contribution in [0.3, 0.4) is 0 Å². The van der Waals surface area contributed by atoms with Crippen LogP contribution >= 0.6 is 11.3 Å². The first kappa shape index (κ1) is 14.9. The number of aryl methyl sites for hydroxylation is 1. The minimum atomic E-state index is -0.310. The number of benzene rings is 1. The van der Waals surface area contributed by atoms with Crippen molar-refractivity contribution in [2.75, 3.05) is 17.7 Å². The molecule has 1 amide bonds. The van der Waals surface area contributed by atoms with Gasteiger partial charge in [-0.15, -0.1) is 11.3 Å². The van der Waals surface area contributed by atoms with Gasteiger partial charge in [0.05, 0.1) is 5.56 Å². The second kappa shape index (κ2) is 6.29. The number of rotatable bonds is 4. The molecule has 1 heterocycles. The predicted molar refractivity (Wildman–Crippen MR) is 83.5 cm³/mol. The zero-order valence-corrected chi connectivity index (χ0v) is 12.6. The van der Waals surface area contributed by atoms with Crippen molar-refractivity contribution < 1.29 is 9.53 Å². The quantitative estimate of drug-likeness (QED) is 0.850. The lowest BCUT2D eigenvalue weighted by Gasteiger charge is -2.07. The molecule has 0 saturated carbocycles. The summed E-state index contributed by atoms with van der Waals surface area (Å²) in [5.41, 5.74) is 7.61. The molecule has 21 heavy (non-hydrogen) atoms. The maximum absolute atomic E-state index is 11.9. The van der Waals surface area contributed by atoms with Crippen LogP contribution in [0.5, 0.6) is 5.75 Å². The van der Waals surface area contributed by atoms with Gasteiger partial charge in [-0.2, -0.15) is 5.26 Å². The average Bonchev–Trinajstić information content (AvgIpc) is 2.71. The second-order valence-corrected chi connectivity index (χ2v) is 5.73. The van der Waals surface area contributed by atoms with Gasteiger partial charge in [0.15, 0.2) is 6.61 Å². The number of thiophene rings is 1. The molecule has 0 aliphatic rings. The highest BCUT2D eigenvalue weighted by Crippen LogP contribution is 2.31. The molecule has 1 aromatic carbocycles. The summed E-state index contributed by atoms with van der Waals surface area (Å²) in [6, 6.07) is 8.97. The standard InChI is InChI=1S/C15H15N3O2S/c1-9-10(2)21-15(13(9)7-16)18-14(19)8-20-12-5-3-4-11(17)6-12/h3-6H,8,17H2,1-2H3,(H,18,19). The number of carbonyl (C=O) groups excluding carboxylic acids is 1. The van der Waals surface area contributed by atoms with Crippen LogP contribution in [0.4, 0.5) is 10.7 Å². The van der Waals surface area contributed by atoms with E-state index in [2.05, 4.69) is 11.4 Å². The normalized spacial score (nSPS) is 9.95. The summed E-state index contributed by atoms with van der Waals surface area (Å²) in [5.74, 6) is 0.222. The number of hydrogen-bond acceptors (Lipinski definition) is 5. The second-order valence-electron chi connectivity index (χ2n) is 4.51. The molecule has 5 nitrogen and oxygen atoms in total. The van der Waals surface area contributed by atoms with Crippen molar-refractivity contribution in [3.63, 3.8) is 0 Å². The molecule has 2 aromatic rings. The van der Waals surface area contributed by atoms with Gasteiger partial charge in [0.1, 0.15) is 16.8 Å². The first-order chi connectivity index (χ1) is 10.0. The van der Waals surface area contributed by atoms with E-state index in [0.29, 0.717) is 22.0 Å². The number of anilines is 2. The lowest BCUT2D eigenvalue weighted by molar-refractivity contribution is -0.118. The Hall–Kier alpha value is -2.52. The molecule has 0 fully saturated rings. The van der Waals surface area contributed by atoms with Crippen LogP contribution in [-0.4, -0.2) is 12.5 Å². The number of nitrogen functional groups attached to an aromatic ring is 1. The van der Waals surface area contributed by atoms with Gasteiger partial charge in [-0.3, -0.25) is 4.79 Å². The number of carbonyl (C=O) groups is 1. The van der Waals surface area contributed by atoms with Crippen LogP contribution in [0.2, 0.25) is 0 Å². The molecular weight excluding hydrogens is 286 g/mol. The Morgan fingerprint density at radius 2 is 2.24 bits per heavy atom. The van der Waals surface area contributed by atoms with Crippen LogP contribution in [0.25, 0.3) is 0 Å². The number of nitriles is 1. The third-order valence-corrected chi connectivity index (χ3v) is 4.10. The molecule has 0 spiro atoms. The highest BCUT2D eigenvalue weighted by molar-refractivity contribution is 7.16. The maximum atomic E-state index is 11.9. The Morgan fingerprint density at radius 1 is 1.48 bits per heavy atom. The molecule has 6 heteroatoms. The summed E-state index contributed by atoms with van der Waals surface area (Å²) in [6.07, 6.45) is 0. The summed E-state index contributed by atoms with van der Waals surface area (Å²) in [7, 11) is 0. The van der Waals surface area contributed by atoms with E-state index >= 15 is 0 Å². The van der Waals surface area contributed by atoms with E-state index in [-0.39, 0.29) is 12.5 Å². The van der Waals surface area contributed by atoms with Crippen molar-refractivity contribution in [1.82, 2.24) is 0 Å². The van der Waals surface area contributed by atoms with Crippen LogP contribution in [0.1, 0.15) is 16.0 Å². The van der Waals surface area contributed by atoms with E-state index in [1.54, 1.807) is 24.3 Å². The first-order valence-electron chi connectivity index (χ1n) is 6.29. The van der Waals surface area contributed by atoms with Crippen molar-refractivity contribution in [3.8, 4) is 11.8 Å². The Balaban J connectivity index is 2.00. The summed E-state index contributed by atoms with van der Waals surface area (Å²) in [6.45, 7) is 3.65. The number of nitrogens with one attached hydrogen (secondary N) is 1. The summed E-state index contributed by atoms with van der Waals surface area (Å²) in [5, 5.41) is 12.4. The first-order valence-corrected chi connectivity index (χ1v) is 7.11.